The third-order valence-corrected chi connectivity index (χ3v) is 3.97. The summed E-state index contributed by atoms with van der Waals surface area (Å²) in [7, 11) is 4.03. The molecule has 0 saturated carbocycles. The first kappa shape index (κ1) is 16.6. The molecule has 0 bridgehead atoms. The van der Waals surface area contributed by atoms with E-state index in [2.05, 4.69) is 22.1 Å². The van der Waals surface area contributed by atoms with Crippen LogP contribution < -0.4 is 10.5 Å². The minimum absolute atomic E-state index is 0.163. The molecule has 0 aliphatic heterocycles. The summed E-state index contributed by atoms with van der Waals surface area (Å²) >= 11 is 0. The molecule has 6 nitrogen and oxygen atoms in total. The Morgan fingerprint density at radius 1 is 1.17 bits per heavy atom. The van der Waals surface area contributed by atoms with Crippen molar-refractivity contribution >= 4 is 33.2 Å². The highest BCUT2D eigenvalue weighted by Gasteiger charge is 2.17. The van der Waals surface area contributed by atoms with Gasteiger partial charge in [-0.05, 0) is 33.2 Å². The summed E-state index contributed by atoms with van der Waals surface area (Å²) in [4.78, 5) is 6.73. The minimum atomic E-state index is -0.944. The number of aromatic nitrogens is 1. The van der Waals surface area contributed by atoms with E-state index in [1.54, 1.807) is 12.1 Å². The summed E-state index contributed by atoms with van der Waals surface area (Å²) in [5.74, 6) is 0. The molecule has 0 saturated heterocycles. The molecule has 1 heterocycles. The Bertz CT molecular complexity index is 864. The highest BCUT2D eigenvalue weighted by molar-refractivity contribution is 6.11. The van der Waals surface area contributed by atoms with Crippen LogP contribution in [0.2, 0.25) is 0 Å². The van der Waals surface area contributed by atoms with E-state index in [0.717, 1.165) is 23.1 Å². The van der Waals surface area contributed by atoms with E-state index in [1.165, 1.54) is 0 Å². The molecule has 2 atom stereocenters. The van der Waals surface area contributed by atoms with Gasteiger partial charge in [0.2, 0.25) is 0 Å². The largest absolute Gasteiger partial charge is 0.595 e. The van der Waals surface area contributed by atoms with Crippen molar-refractivity contribution in [1.82, 2.24) is 9.88 Å². The molecule has 0 amide bonds. The topological polar surface area (TPSA) is 75.9 Å². The van der Waals surface area contributed by atoms with Crippen LogP contribution in [0, 0.1) is 5.21 Å². The zero-order valence-electron chi connectivity index (χ0n) is 14.1. The van der Waals surface area contributed by atoms with Gasteiger partial charge < -0.3 is 15.4 Å². The predicted molar refractivity (Wildman–Crippen MR) is 96.7 cm³/mol. The average Bonchev–Trinajstić information content (AvgIpc) is 2.53. The van der Waals surface area contributed by atoms with E-state index in [4.69, 9.17) is 0 Å². The molecule has 1 aromatic heterocycles. The van der Waals surface area contributed by atoms with Gasteiger partial charge in [-0.1, -0.05) is 24.3 Å². The van der Waals surface area contributed by atoms with Crippen LogP contribution in [0.1, 0.15) is 6.92 Å². The second kappa shape index (κ2) is 6.70. The van der Waals surface area contributed by atoms with E-state index in [0.29, 0.717) is 10.9 Å². The monoisotopic (exact) mass is 326 g/mol. The second-order valence-corrected chi connectivity index (χ2v) is 6.32. The maximum Gasteiger partial charge on any atom is 0.175 e. The Kier molecular flexibility index (Phi) is 4.64. The Hall–Kier alpha value is -2.25. The number of benzene rings is 2. The first-order valence-corrected chi connectivity index (χ1v) is 7.93. The summed E-state index contributed by atoms with van der Waals surface area (Å²) < 4.78 is 0. The van der Waals surface area contributed by atoms with E-state index < -0.39 is 5.23 Å². The van der Waals surface area contributed by atoms with Crippen LogP contribution >= 0.6 is 0 Å². The number of hydrogen-bond acceptors (Lipinski definition) is 5. The summed E-state index contributed by atoms with van der Waals surface area (Å²) in [6.07, 6.45) is 0. The SMILES string of the molecule is CC(CN(C)C)Nc1c2ccccc2nc2cccc([NH+]([O-])O)c12. The third kappa shape index (κ3) is 3.18. The van der Waals surface area contributed by atoms with Gasteiger partial charge in [-0.25, -0.2) is 10.2 Å². The molecule has 3 rings (SSSR count). The van der Waals surface area contributed by atoms with Crippen molar-refractivity contribution < 1.29 is 10.4 Å². The number of pyridine rings is 1. The number of fused-ring (bicyclic) bond motifs is 2. The molecule has 3 N–H and O–H groups in total. The first-order valence-electron chi connectivity index (χ1n) is 7.93. The fraction of sp³-hybridized carbons (Fsp3) is 0.278. The lowest BCUT2D eigenvalue weighted by Crippen LogP contribution is -2.99. The van der Waals surface area contributed by atoms with Crippen LogP contribution in [0.25, 0.3) is 21.8 Å². The van der Waals surface area contributed by atoms with E-state index in [1.807, 2.05) is 44.4 Å². The Labute approximate surface area is 140 Å². The van der Waals surface area contributed by atoms with Crippen molar-refractivity contribution in [3.8, 4) is 0 Å². The molecule has 0 spiro atoms. The standard InChI is InChI=1S/C18H22N4O2/c1-12(11-21(2)3)19-18-13-7-4-5-8-14(13)20-15-9-6-10-16(17(15)18)22(23)24/h4-10,12,22-23H,11H2,1-3H3,(H,19,20). The average molecular weight is 326 g/mol. The normalized spacial score (nSPS) is 14.2. The Morgan fingerprint density at radius 2 is 1.88 bits per heavy atom. The molecular weight excluding hydrogens is 304 g/mol. The van der Waals surface area contributed by atoms with Gasteiger partial charge in [0.25, 0.3) is 0 Å². The van der Waals surface area contributed by atoms with Gasteiger partial charge in [0.05, 0.1) is 22.1 Å². The van der Waals surface area contributed by atoms with Gasteiger partial charge in [0.15, 0.2) is 5.69 Å². The summed E-state index contributed by atoms with van der Waals surface area (Å²) in [5, 5.41) is 25.5. The quantitative estimate of drug-likeness (QED) is 0.495. The van der Waals surface area contributed by atoms with Crippen molar-refractivity contribution in [2.45, 2.75) is 13.0 Å². The van der Waals surface area contributed by atoms with Crippen molar-refractivity contribution in [3.63, 3.8) is 0 Å². The highest BCUT2D eigenvalue weighted by atomic mass is 16.8. The number of nitrogens with one attached hydrogen (secondary N) is 2. The molecule has 0 aliphatic rings. The number of hydrogen-bond donors (Lipinski definition) is 3. The van der Waals surface area contributed by atoms with Crippen LogP contribution in [-0.2, 0) is 0 Å². The molecule has 2 aromatic carbocycles. The fourth-order valence-corrected chi connectivity index (χ4v) is 3.11. The van der Waals surface area contributed by atoms with Gasteiger partial charge in [0, 0.05) is 24.0 Å². The van der Waals surface area contributed by atoms with Crippen LogP contribution in [0.15, 0.2) is 42.5 Å². The van der Waals surface area contributed by atoms with Crippen molar-refractivity contribution in [3.05, 3.63) is 47.7 Å². The minimum Gasteiger partial charge on any atom is -0.595 e. The van der Waals surface area contributed by atoms with Gasteiger partial charge in [-0.3, -0.25) is 0 Å². The van der Waals surface area contributed by atoms with Crippen LogP contribution in [-0.4, -0.2) is 41.8 Å². The van der Waals surface area contributed by atoms with Crippen molar-refractivity contribution in [2.75, 3.05) is 26.0 Å². The zero-order chi connectivity index (χ0) is 17.3. The van der Waals surface area contributed by atoms with Crippen molar-refractivity contribution in [2.24, 2.45) is 0 Å². The smallest absolute Gasteiger partial charge is 0.175 e. The van der Waals surface area contributed by atoms with E-state index in [-0.39, 0.29) is 11.7 Å². The lowest BCUT2D eigenvalue weighted by Gasteiger charge is -2.23. The van der Waals surface area contributed by atoms with Crippen LogP contribution in [0.3, 0.4) is 0 Å². The molecule has 0 aliphatic carbocycles. The number of quaternary nitrogens is 1. The number of likely N-dealkylation sites (N-methyl/N-ethyl adjacent to an activating group) is 1. The molecule has 3 aromatic rings. The summed E-state index contributed by atoms with van der Waals surface area (Å²) in [6, 6.07) is 13.2. The number of nitrogens with zero attached hydrogens (tertiary/aromatic N) is 2. The maximum atomic E-state index is 11.7. The predicted octanol–water partition coefficient (Wildman–Crippen LogP) is 2.15. The molecule has 2 unspecified atom stereocenters. The van der Waals surface area contributed by atoms with E-state index >= 15 is 0 Å². The molecule has 6 heteroatoms. The molecule has 0 radical (unpaired) electrons. The highest BCUT2D eigenvalue weighted by Crippen LogP contribution is 2.34. The van der Waals surface area contributed by atoms with Gasteiger partial charge in [-0.15, -0.1) is 0 Å². The summed E-state index contributed by atoms with van der Waals surface area (Å²) in [6.45, 7) is 2.93. The zero-order valence-corrected chi connectivity index (χ0v) is 14.1. The fourth-order valence-electron chi connectivity index (χ4n) is 3.11. The second-order valence-electron chi connectivity index (χ2n) is 6.32. The Morgan fingerprint density at radius 3 is 2.58 bits per heavy atom. The van der Waals surface area contributed by atoms with Crippen LogP contribution in [0.5, 0.6) is 0 Å². The lowest BCUT2D eigenvalue weighted by atomic mass is 10.1. The molecular formula is C18H22N4O2. The molecule has 0 fully saturated rings. The summed E-state index contributed by atoms with van der Waals surface area (Å²) in [5.41, 5.74) is 2.65. The maximum absolute atomic E-state index is 11.7. The number of rotatable bonds is 5. The van der Waals surface area contributed by atoms with Gasteiger partial charge in [-0.2, -0.15) is 5.23 Å². The molecule has 24 heavy (non-hydrogen) atoms. The van der Waals surface area contributed by atoms with Crippen LogP contribution in [0.4, 0.5) is 11.4 Å². The van der Waals surface area contributed by atoms with E-state index in [9.17, 15) is 10.4 Å². The van der Waals surface area contributed by atoms with Gasteiger partial charge >= 0.3 is 0 Å². The number of anilines is 1. The number of para-hydroxylation sites is 1. The first-order chi connectivity index (χ1) is 11.5. The Balaban J connectivity index is 2.27. The lowest BCUT2D eigenvalue weighted by molar-refractivity contribution is -0.990. The van der Waals surface area contributed by atoms with Gasteiger partial charge in [0.1, 0.15) is 0 Å². The van der Waals surface area contributed by atoms with Crippen molar-refractivity contribution in [1.29, 1.82) is 0 Å². The molecule has 126 valence electrons. The third-order valence-electron chi connectivity index (χ3n) is 3.97.